The maximum atomic E-state index is 12.2. The molecule has 3 rings (SSSR count). The molecule has 1 aliphatic carbocycles. The van der Waals surface area contributed by atoms with Crippen molar-refractivity contribution in [1.82, 2.24) is 0 Å². The molecule has 2 N–H and O–H groups in total. The van der Waals surface area contributed by atoms with Crippen molar-refractivity contribution in [3.63, 3.8) is 0 Å². The molecule has 0 bridgehead atoms. The van der Waals surface area contributed by atoms with Gasteiger partial charge in [0.05, 0.1) is 0 Å². The van der Waals surface area contributed by atoms with Gasteiger partial charge in [-0.15, -0.1) is 0 Å². The molecule has 2 amide bonds. The molecule has 4 heteroatoms. The summed E-state index contributed by atoms with van der Waals surface area (Å²) in [5, 5.41) is 5.63. The standard InChI is InChI=1S/C18H18N2O2/c1-12(21)19-14-7-9-15(10-8-14)20-18(22)17-11-16(17)13-5-3-2-4-6-13/h2-10,16-17H,11H2,1H3,(H,19,21)(H,20,22)/t16-,17-/m0/s1. The number of anilines is 2. The van der Waals surface area contributed by atoms with Crippen LogP contribution in [0, 0.1) is 5.92 Å². The Hall–Kier alpha value is -2.62. The van der Waals surface area contributed by atoms with Crippen molar-refractivity contribution in [1.29, 1.82) is 0 Å². The van der Waals surface area contributed by atoms with E-state index in [9.17, 15) is 9.59 Å². The summed E-state index contributed by atoms with van der Waals surface area (Å²) in [6.45, 7) is 1.46. The number of carbonyl (C=O) groups excluding carboxylic acids is 2. The summed E-state index contributed by atoms with van der Waals surface area (Å²) in [6, 6.07) is 17.3. The fourth-order valence-electron chi connectivity index (χ4n) is 2.63. The third-order valence-electron chi connectivity index (χ3n) is 3.83. The van der Waals surface area contributed by atoms with Gasteiger partial charge in [-0.25, -0.2) is 0 Å². The maximum absolute atomic E-state index is 12.2. The number of hydrogen-bond acceptors (Lipinski definition) is 2. The Balaban J connectivity index is 1.58. The molecule has 2 atom stereocenters. The van der Waals surface area contributed by atoms with Crippen LogP contribution in [0.3, 0.4) is 0 Å². The molecule has 112 valence electrons. The lowest BCUT2D eigenvalue weighted by molar-refractivity contribution is -0.117. The van der Waals surface area contributed by atoms with Gasteiger partial charge >= 0.3 is 0 Å². The summed E-state index contributed by atoms with van der Waals surface area (Å²) in [6.07, 6.45) is 0.903. The summed E-state index contributed by atoms with van der Waals surface area (Å²) in [7, 11) is 0. The molecule has 0 radical (unpaired) electrons. The van der Waals surface area contributed by atoms with Gasteiger partial charge in [-0.2, -0.15) is 0 Å². The highest BCUT2D eigenvalue weighted by molar-refractivity contribution is 5.95. The van der Waals surface area contributed by atoms with Crippen molar-refractivity contribution in [2.75, 3.05) is 10.6 Å². The van der Waals surface area contributed by atoms with Gasteiger partial charge in [0.1, 0.15) is 0 Å². The minimum atomic E-state index is -0.111. The van der Waals surface area contributed by atoms with Crippen LogP contribution in [0.1, 0.15) is 24.8 Å². The quantitative estimate of drug-likeness (QED) is 0.908. The molecule has 0 saturated heterocycles. The Kier molecular flexibility index (Phi) is 3.92. The molecular weight excluding hydrogens is 276 g/mol. The first-order valence-electron chi connectivity index (χ1n) is 7.37. The SMILES string of the molecule is CC(=O)Nc1ccc(NC(=O)[C@H]2C[C@H]2c2ccccc2)cc1. The van der Waals surface area contributed by atoms with Gasteiger partial charge in [-0.3, -0.25) is 9.59 Å². The molecule has 0 unspecified atom stereocenters. The molecule has 1 aliphatic rings. The third kappa shape index (κ3) is 3.34. The molecule has 1 saturated carbocycles. The predicted molar refractivity (Wildman–Crippen MR) is 86.7 cm³/mol. The number of benzene rings is 2. The van der Waals surface area contributed by atoms with E-state index >= 15 is 0 Å². The van der Waals surface area contributed by atoms with Crippen LogP contribution in [0.4, 0.5) is 11.4 Å². The molecule has 1 fully saturated rings. The van der Waals surface area contributed by atoms with E-state index in [1.165, 1.54) is 12.5 Å². The Morgan fingerprint density at radius 1 is 0.909 bits per heavy atom. The number of rotatable bonds is 4. The van der Waals surface area contributed by atoms with Gasteiger partial charge in [0, 0.05) is 24.2 Å². The second-order valence-corrected chi connectivity index (χ2v) is 5.61. The van der Waals surface area contributed by atoms with Crippen LogP contribution >= 0.6 is 0 Å². The van der Waals surface area contributed by atoms with E-state index in [4.69, 9.17) is 0 Å². The number of carbonyl (C=O) groups is 2. The molecule has 2 aromatic rings. The van der Waals surface area contributed by atoms with E-state index in [0.29, 0.717) is 5.92 Å². The van der Waals surface area contributed by atoms with Crippen LogP contribution in [0.2, 0.25) is 0 Å². The maximum Gasteiger partial charge on any atom is 0.228 e. The molecule has 0 aromatic heterocycles. The fourth-order valence-corrected chi connectivity index (χ4v) is 2.63. The zero-order chi connectivity index (χ0) is 15.5. The molecule has 0 spiro atoms. The topological polar surface area (TPSA) is 58.2 Å². The van der Waals surface area contributed by atoms with Crippen LogP contribution in [-0.2, 0) is 9.59 Å². The van der Waals surface area contributed by atoms with Crippen LogP contribution in [0.15, 0.2) is 54.6 Å². The summed E-state index contributed by atoms with van der Waals surface area (Å²) in [4.78, 5) is 23.2. The fraction of sp³-hybridized carbons (Fsp3) is 0.222. The highest BCUT2D eigenvalue weighted by Crippen LogP contribution is 2.47. The molecule has 4 nitrogen and oxygen atoms in total. The van der Waals surface area contributed by atoms with Gasteiger partial charge in [0.25, 0.3) is 0 Å². The molecule has 2 aromatic carbocycles. The van der Waals surface area contributed by atoms with Crippen LogP contribution < -0.4 is 10.6 Å². The Morgan fingerprint density at radius 2 is 1.50 bits per heavy atom. The van der Waals surface area contributed by atoms with E-state index in [0.717, 1.165) is 17.8 Å². The lowest BCUT2D eigenvalue weighted by atomic mass is 10.1. The van der Waals surface area contributed by atoms with Gasteiger partial charge < -0.3 is 10.6 Å². The van der Waals surface area contributed by atoms with E-state index in [1.807, 2.05) is 18.2 Å². The molecular formula is C18H18N2O2. The average molecular weight is 294 g/mol. The summed E-state index contributed by atoms with van der Waals surface area (Å²) in [5.41, 5.74) is 2.69. The van der Waals surface area contributed by atoms with E-state index in [-0.39, 0.29) is 17.7 Å². The summed E-state index contributed by atoms with van der Waals surface area (Å²) >= 11 is 0. The van der Waals surface area contributed by atoms with E-state index < -0.39 is 0 Å². The first-order chi connectivity index (χ1) is 10.6. The molecule has 22 heavy (non-hydrogen) atoms. The Morgan fingerprint density at radius 3 is 2.09 bits per heavy atom. The first kappa shape index (κ1) is 14.3. The third-order valence-corrected chi connectivity index (χ3v) is 3.83. The Labute approximate surface area is 129 Å². The van der Waals surface area contributed by atoms with Gasteiger partial charge in [0.2, 0.25) is 11.8 Å². The summed E-state index contributed by atoms with van der Waals surface area (Å²) < 4.78 is 0. The van der Waals surface area contributed by atoms with E-state index in [2.05, 4.69) is 22.8 Å². The normalized spacial score (nSPS) is 19.3. The van der Waals surface area contributed by atoms with Crippen molar-refractivity contribution in [3.8, 4) is 0 Å². The van der Waals surface area contributed by atoms with Crippen LogP contribution in [0.5, 0.6) is 0 Å². The van der Waals surface area contributed by atoms with Crippen LogP contribution in [0.25, 0.3) is 0 Å². The van der Waals surface area contributed by atoms with Crippen molar-refractivity contribution >= 4 is 23.2 Å². The highest BCUT2D eigenvalue weighted by Gasteiger charge is 2.43. The van der Waals surface area contributed by atoms with E-state index in [1.54, 1.807) is 24.3 Å². The second kappa shape index (κ2) is 6.02. The lowest BCUT2D eigenvalue weighted by Crippen LogP contribution is -2.14. The highest BCUT2D eigenvalue weighted by atomic mass is 16.2. The zero-order valence-electron chi connectivity index (χ0n) is 12.4. The predicted octanol–water partition coefficient (Wildman–Crippen LogP) is 3.39. The second-order valence-electron chi connectivity index (χ2n) is 5.61. The lowest BCUT2D eigenvalue weighted by Gasteiger charge is -2.07. The largest absolute Gasteiger partial charge is 0.326 e. The molecule has 0 aliphatic heterocycles. The Bertz CT molecular complexity index is 680. The average Bonchev–Trinajstić information content (AvgIpc) is 3.30. The smallest absolute Gasteiger partial charge is 0.228 e. The zero-order valence-corrected chi connectivity index (χ0v) is 12.4. The summed E-state index contributed by atoms with van der Waals surface area (Å²) in [5.74, 6) is 0.332. The van der Waals surface area contributed by atoms with Crippen molar-refractivity contribution in [3.05, 3.63) is 60.2 Å². The van der Waals surface area contributed by atoms with Crippen LogP contribution in [-0.4, -0.2) is 11.8 Å². The van der Waals surface area contributed by atoms with Crippen molar-refractivity contribution in [2.45, 2.75) is 19.3 Å². The monoisotopic (exact) mass is 294 g/mol. The van der Waals surface area contributed by atoms with Crippen molar-refractivity contribution in [2.24, 2.45) is 5.92 Å². The first-order valence-corrected chi connectivity index (χ1v) is 7.37. The van der Waals surface area contributed by atoms with Gasteiger partial charge in [-0.1, -0.05) is 30.3 Å². The number of amides is 2. The minimum Gasteiger partial charge on any atom is -0.326 e. The number of hydrogen-bond donors (Lipinski definition) is 2. The van der Waals surface area contributed by atoms with Crippen molar-refractivity contribution < 1.29 is 9.59 Å². The minimum absolute atomic E-state index is 0.0532. The molecule has 0 heterocycles. The number of nitrogens with one attached hydrogen (secondary N) is 2. The van der Waals surface area contributed by atoms with Gasteiger partial charge in [0.15, 0.2) is 0 Å². The van der Waals surface area contributed by atoms with Gasteiger partial charge in [-0.05, 0) is 42.2 Å².